The molecule has 0 bridgehead atoms. The summed E-state index contributed by atoms with van der Waals surface area (Å²) >= 11 is 0. The van der Waals surface area contributed by atoms with Crippen molar-refractivity contribution in [3.05, 3.63) is 0 Å². The Balaban J connectivity index is -0.0000000128. The molecule has 100 valence electrons. The van der Waals surface area contributed by atoms with E-state index in [1.807, 2.05) is 0 Å². The Morgan fingerprint density at radius 3 is 0.800 bits per heavy atom. The topological polar surface area (TPSA) is 278 Å². The molecule has 0 aromatic heterocycles. The van der Waals surface area contributed by atoms with Crippen LogP contribution < -0.4 is 0 Å². The summed E-state index contributed by atoms with van der Waals surface area (Å²) < 4.78 is 40.5. The second-order valence-corrected chi connectivity index (χ2v) is 2.88. The summed E-state index contributed by atoms with van der Waals surface area (Å²) in [4.78, 5) is 21.6. The first-order valence-electron chi connectivity index (χ1n) is 1.48. The van der Waals surface area contributed by atoms with Crippen molar-refractivity contribution in [1.29, 1.82) is 0 Å². The predicted octanol–water partition coefficient (Wildman–Crippen LogP) is -5.80. The second kappa shape index (κ2) is 17.5. The average Bonchev–Trinajstić information content (AvgIpc) is 1.12. The summed E-state index contributed by atoms with van der Waals surface area (Å²) in [5.74, 6) is 0. The second-order valence-electron chi connectivity index (χ2n) is 0.961. The fourth-order valence-corrected chi connectivity index (χ4v) is 0. The van der Waals surface area contributed by atoms with E-state index >= 15 is 0 Å². The van der Waals surface area contributed by atoms with Gasteiger partial charge in [-0.25, -0.2) is 4.57 Å². The van der Waals surface area contributed by atoms with Gasteiger partial charge in [0.2, 0.25) is 0 Å². The van der Waals surface area contributed by atoms with Crippen molar-refractivity contribution in [2.24, 2.45) is 0 Å². The van der Waals surface area contributed by atoms with E-state index in [1.165, 1.54) is 0 Å². The standard InChI is InChI=1S/Ca.H3O4P.H2O4S.4H2O.2H/c;2*1-5(2,3)4;;;;;;/h;(H3,1,2,3,4);(H2,1,2,3,4);4*1H2;;. The molecule has 0 saturated carbocycles. The van der Waals surface area contributed by atoms with E-state index in [2.05, 4.69) is 0 Å². The van der Waals surface area contributed by atoms with E-state index in [1.54, 1.807) is 0 Å². The third-order valence-corrected chi connectivity index (χ3v) is 0. The molecule has 0 radical (unpaired) electrons. The van der Waals surface area contributed by atoms with E-state index in [-0.39, 0.29) is 59.6 Å². The molecule has 0 amide bonds. The maximum atomic E-state index is 8.88. The molecule has 0 aliphatic rings. The van der Waals surface area contributed by atoms with Crippen molar-refractivity contribution >= 4 is 56.0 Å². The summed E-state index contributed by atoms with van der Waals surface area (Å²) in [5.41, 5.74) is 0. The summed E-state index contributed by atoms with van der Waals surface area (Å²) in [7, 11) is -9.31. The van der Waals surface area contributed by atoms with Gasteiger partial charge in [-0.15, -0.1) is 0 Å². The van der Waals surface area contributed by atoms with Crippen molar-refractivity contribution in [1.82, 2.24) is 0 Å². The van der Waals surface area contributed by atoms with Gasteiger partial charge in [-0.3, -0.25) is 9.11 Å². The van der Waals surface area contributed by atoms with Gasteiger partial charge in [0.05, 0.1) is 0 Å². The molecule has 0 saturated heterocycles. The van der Waals surface area contributed by atoms with Gasteiger partial charge in [-0.1, -0.05) is 0 Å². The van der Waals surface area contributed by atoms with Crippen LogP contribution in [0.5, 0.6) is 0 Å². The van der Waals surface area contributed by atoms with Gasteiger partial charge in [0, 0.05) is 0 Å². The van der Waals surface area contributed by atoms with Crippen LogP contribution in [0.1, 0.15) is 0 Å². The van der Waals surface area contributed by atoms with Crippen LogP contribution in [0.3, 0.4) is 0 Å². The van der Waals surface area contributed by atoms with Crippen LogP contribution in [-0.4, -0.2) is 91.8 Å². The average molecular weight is 310 g/mol. The molecule has 12 nitrogen and oxygen atoms in total. The number of phosphoric acid groups is 1. The maximum absolute atomic E-state index is 8.88. The summed E-state index contributed by atoms with van der Waals surface area (Å²) in [6.07, 6.45) is 0. The van der Waals surface area contributed by atoms with Crippen LogP contribution in [0.4, 0.5) is 0 Å². The van der Waals surface area contributed by atoms with E-state index in [9.17, 15) is 0 Å². The van der Waals surface area contributed by atoms with Crippen LogP contribution in [0, 0.1) is 0 Å². The molecule has 15 heteroatoms. The van der Waals surface area contributed by atoms with Crippen molar-refractivity contribution in [3.8, 4) is 0 Å². The van der Waals surface area contributed by atoms with Crippen LogP contribution >= 0.6 is 7.82 Å². The summed E-state index contributed by atoms with van der Waals surface area (Å²) in [6, 6.07) is 0. The molecule has 15 heavy (non-hydrogen) atoms. The van der Waals surface area contributed by atoms with Crippen molar-refractivity contribution in [2.45, 2.75) is 0 Å². The van der Waals surface area contributed by atoms with E-state index < -0.39 is 18.2 Å². The van der Waals surface area contributed by atoms with E-state index in [0.717, 1.165) is 0 Å². The van der Waals surface area contributed by atoms with Gasteiger partial charge in [0.1, 0.15) is 0 Å². The number of hydrogen-bond acceptors (Lipinski definition) is 3. The molecule has 0 unspecified atom stereocenters. The van der Waals surface area contributed by atoms with Crippen molar-refractivity contribution < 1.29 is 58.7 Å². The third-order valence-electron chi connectivity index (χ3n) is 0. The predicted molar refractivity (Wildman–Crippen MR) is 51.4 cm³/mol. The molecule has 0 aliphatic carbocycles. The Morgan fingerprint density at radius 1 is 0.800 bits per heavy atom. The number of hydrogen-bond donors (Lipinski definition) is 5. The van der Waals surface area contributed by atoms with Gasteiger partial charge in [0.25, 0.3) is 0 Å². The van der Waals surface area contributed by atoms with Gasteiger partial charge >= 0.3 is 56.0 Å². The SMILES string of the molecule is O.O.O.O.O=P(O)(O)O.O=S(=O)(O)O.[CaH2]. The molecule has 0 aliphatic heterocycles. The zero-order valence-electron chi connectivity index (χ0n) is 6.32. The minimum absolute atomic E-state index is 0. The molecule has 0 fully saturated rings. The Morgan fingerprint density at radius 2 is 0.800 bits per heavy atom. The van der Waals surface area contributed by atoms with Crippen LogP contribution in [0.15, 0.2) is 0 Å². The van der Waals surface area contributed by atoms with Crippen molar-refractivity contribution in [3.63, 3.8) is 0 Å². The molecule has 0 rings (SSSR count). The molecule has 0 heterocycles. The molecule has 13 N–H and O–H groups in total. The Labute approximate surface area is 114 Å². The fraction of sp³-hybridized carbons (Fsp3) is 0. The molecular formula is H15CaO12PS. The molecule has 0 aromatic carbocycles. The molecule has 0 aromatic rings. The first kappa shape index (κ1) is 44.4. The van der Waals surface area contributed by atoms with Crippen molar-refractivity contribution in [2.75, 3.05) is 0 Å². The molecule has 0 atom stereocenters. The Bertz CT molecular complexity index is 194. The van der Waals surface area contributed by atoms with Crippen LogP contribution in [0.25, 0.3) is 0 Å². The fourth-order valence-electron chi connectivity index (χ4n) is 0. The van der Waals surface area contributed by atoms with Crippen LogP contribution in [0.2, 0.25) is 0 Å². The summed E-state index contributed by atoms with van der Waals surface area (Å²) in [5, 5.41) is 0. The zero-order chi connectivity index (χ0) is 9.00. The first-order chi connectivity index (χ1) is 4.00. The Kier molecular flexibility index (Phi) is 51.7. The molecule has 0 spiro atoms. The van der Waals surface area contributed by atoms with Gasteiger partial charge in [-0.2, -0.15) is 8.42 Å². The quantitative estimate of drug-likeness (QED) is 0.163. The number of rotatable bonds is 0. The van der Waals surface area contributed by atoms with Gasteiger partial charge < -0.3 is 36.6 Å². The van der Waals surface area contributed by atoms with Crippen LogP contribution in [-0.2, 0) is 15.0 Å². The van der Waals surface area contributed by atoms with Gasteiger partial charge in [-0.05, 0) is 0 Å². The normalized spacial score (nSPS) is 7.80. The Hall–Kier alpha value is 1.08. The monoisotopic (exact) mass is 310 g/mol. The zero-order valence-corrected chi connectivity index (χ0v) is 8.03. The third kappa shape index (κ3) is 2210. The van der Waals surface area contributed by atoms with E-state index in [4.69, 9.17) is 36.8 Å². The molecular weight excluding hydrogens is 295 g/mol. The van der Waals surface area contributed by atoms with E-state index in [0.29, 0.717) is 0 Å². The van der Waals surface area contributed by atoms with Gasteiger partial charge in [0.15, 0.2) is 0 Å². The first-order valence-corrected chi connectivity index (χ1v) is 4.44. The summed E-state index contributed by atoms with van der Waals surface area (Å²) in [6.45, 7) is 0. The minimum atomic E-state index is -4.67.